The molecule has 1 aromatic carbocycles. The Morgan fingerprint density at radius 3 is 2.57 bits per heavy atom. The first-order chi connectivity index (χ1) is 10.8. The molecule has 0 bridgehead atoms. The van der Waals surface area contributed by atoms with Crippen LogP contribution < -0.4 is 5.32 Å². The second-order valence-corrected chi connectivity index (χ2v) is 7.17. The van der Waals surface area contributed by atoms with Crippen LogP contribution in [0.1, 0.15) is 26.7 Å². The number of fused-ring (bicyclic) bond motifs is 1. The lowest BCUT2D eigenvalue weighted by Crippen LogP contribution is -2.48. The van der Waals surface area contributed by atoms with Crippen LogP contribution in [0.3, 0.4) is 0 Å². The van der Waals surface area contributed by atoms with Gasteiger partial charge in [0.1, 0.15) is 5.52 Å². The second kappa shape index (κ2) is 5.85. The normalized spacial score (nSPS) is 16.8. The highest BCUT2D eigenvalue weighted by Gasteiger charge is 2.22. The van der Waals surface area contributed by atoms with Crippen LogP contribution >= 0.6 is 0 Å². The number of rotatable bonds is 1. The molecule has 1 saturated heterocycles. The number of piperazine rings is 1. The van der Waals surface area contributed by atoms with E-state index in [4.69, 9.17) is 4.42 Å². The maximum absolute atomic E-state index is 12.3. The van der Waals surface area contributed by atoms with Crippen LogP contribution in [-0.4, -0.2) is 54.0 Å². The first-order valence-electron chi connectivity index (χ1n) is 7.98. The Morgan fingerprint density at radius 1 is 1.22 bits per heavy atom. The molecular weight excluding hydrogens is 292 g/mol. The zero-order valence-electron chi connectivity index (χ0n) is 14.2. The summed E-state index contributed by atoms with van der Waals surface area (Å²) < 4.78 is 5.78. The summed E-state index contributed by atoms with van der Waals surface area (Å²) in [6.45, 7) is 9.51. The molecule has 1 aliphatic rings. The number of urea groups is 1. The number of oxazole rings is 1. The minimum atomic E-state index is -0.137. The molecule has 0 radical (unpaired) electrons. The number of carbonyl (C=O) groups excluding carboxylic acids is 1. The molecule has 23 heavy (non-hydrogen) atoms. The number of benzene rings is 1. The van der Waals surface area contributed by atoms with Crippen LogP contribution in [0.2, 0.25) is 0 Å². The maximum atomic E-state index is 12.3. The summed E-state index contributed by atoms with van der Waals surface area (Å²) in [5.41, 5.74) is 2.12. The Labute approximate surface area is 136 Å². The molecule has 0 unspecified atom stereocenters. The van der Waals surface area contributed by atoms with E-state index in [0.717, 1.165) is 43.0 Å². The van der Waals surface area contributed by atoms with Gasteiger partial charge < -0.3 is 19.5 Å². The number of aromatic nitrogens is 1. The van der Waals surface area contributed by atoms with Gasteiger partial charge in [-0.1, -0.05) is 20.8 Å². The highest BCUT2D eigenvalue weighted by atomic mass is 16.3. The molecule has 2 heterocycles. The van der Waals surface area contributed by atoms with E-state index in [2.05, 4.69) is 43.0 Å². The molecule has 1 aliphatic heterocycles. The van der Waals surface area contributed by atoms with E-state index in [-0.39, 0.29) is 11.4 Å². The number of amides is 2. The van der Waals surface area contributed by atoms with Crippen molar-refractivity contribution in [2.45, 2.75) is 26.2 Å². The largest absolute Gasteiger partial charge is 0.440 e. The van der Waals surface area contributed by atoms with Gasteiger partial charge in [0.15, 0.2) is 5.58 Å². The molecule has 0 aliphatic carbocycles. The Hall–Kier alpha value is -2.08. The number of nitrogens with one attached hydrogen (secondary N) is 1. The van der Waals surface area contributed by atoms with Crippen molar-refractivity contribution in [3.8, 4) is 0 Å². The van der Waals surface area contributed by atoms with Crippen molar-refractivity contribution < 1.29 is 9.21 Å². The average Bonchev–Trinajstić information content (AvgIpc) is 2.91. The van der Waals surface area contributed by atoms with Crippen LogP contribution in [0.5, 0.6) is 0 Å². The number of hydrogen-bond donors (Lipinski definition) is 1. The third kappa shape index (κ3) is 3.47. The summed E-state index contributed by atoms with van der Waals surface area (Å²) >= 11 is 0. The van der Waals surface area contributed by atoms with E-state index in [9.17, 15) is 4.79 Å². The first-order valence-corrected chi connectivity index (χ1v) is 7.98. The maximum Gasteiger partial charge on any atom is 0.321 e. The molecule has 1 N–H and O–H groups in total. The summed E-state index contributed by atoms with van der Waals surface area (Å²) in [7, 11) is 2.07. The lowest BCUT2D eigenvalue weighted by Gasteiger charge is -2.32. The number of nitrogens with zero attached hydrogens (tertiary/aromatic N) is 3. The Morgan fingerprint density at radius 2 is 1.91 bits per heavy atom. The standard InChI is InChI=1S/C17H24N4O2/c1-17(2,3)15-19-13-11-12(5-6-14(13)23-15)18-16(22)21-9-7-20(4)8-10-21/h5-6,11H,7-10H2,1-4H3,(H,18,22). The van der Waals surface area contributed by atoms with Gasteiger partial charge in [0, 0.05) is 37.3 Å². The predicted octanol–water partition coefficient (Wildman–Crippen LogP) is 2.90. The van der Waals surface area contributed by atoms with Crippen molar-refractivity contribution in [1.82, 2.24) is 14.8 Å². The molecule has 124 valence electrons. The summed E-state index contributed by atoms with van der Waals surface area (Å²) in [4.78, 5) is 20.9. The molecular formula is C17H24N4O2. The highest BCUT2D eigenvalue weighted by molar-refractivity contribution is 5.91. The number of carbonyl (C=O) groups is 1. The Balaban J connectivity index is 1.74. The van der Waals surface area contributed by atoms with Gasteiger partial charge in [-0.05, 0) is 25.2 Å². The molecule has 1 fully saturated rings. The molecule has 6 heteroatoms. The van der Waals surface area contributed by atoms with Gasteiger partial charge in [-0.15, -0.1) is 0 Å². The minimum absolute atomic E-state index is 0.0583. The number of likely N-dealkylation sites (N-methyl/N-ethyl adjacent to an activating group) is 1. The van der Waals surface area contributed by atoms with E-state index in [0.29, 0.717) is 5.89 Å². The second-order valence-electron chi connectivity index (χ2n) is 7.17. The zero-order valence-corrected chi connectivity index (χ0v) is 14.2. The summed E-state index contributed by atoms with van der Waals surface area (Å²) in [5.74, 6) is 0.704. The number of hydrogen-bond acceptors (Lipinski definition) is 4. The van der Waals surface area contributed by atoms with Gasteiger partial charge in [-0.3, -0.25) is 0 Å². The summed E-state index contributed by atoms with van der Waals surface area (Å²) in [6.07, 6.45) is 0. The fourth-order valence-corrected chi connectivity index (χ4v) is 2.54. The average molecular weight is 316 g/mol. The molecule has 6 nitrogen and oxygen atoms in total. The van der Waals surface area contributed by atoms with Gasteiger partial charge in [0.2, 0.25) is 5.89 Å². The van der Waals surface area contributed by atoms with Crippen molar-refractivity contribution in [2.24, 2.45) is 0 Å². The van der Waals surface area contributed by atoms with E-state index in [1.54, 1.807) is 0 Å². The van der Waals surface area contributed by atoms with Gasteiger partial charge in [-0.2, -0.15) is 0 Å². The van der Waals surface area contributed by atoms with Crippen LogP contribution in [0.25, 0.3) is 11.1 Å². The summed E-state index contributed by atoms with van der Waals surface area (Å²) in [5, 5.41) is 2.95. The molecule has 0 spiro atoms. The lowest BCUT2D eigenvalue weighted by atomic mass is 9.97. The van der Waals surface area contributed by atoms with E-state index < -0.39 is 0 Å². The molecule has 0 saturated carbocycles. The van der Waals surface area contributed by atoms with Gasteiger partial charge in [-0.25, -0.2) is 9.78 Å². The van der Waals surface area contributed by atoms with Crippen molar-refractivity contribution >= 4 is 22.8 Å². The SMILES string of the molecule is CN1CCN(C(=O)Nc2ccc3oc(C(C)(C)C)nc3c2)CC1. The van der Waals surface area contributed by atoms with E-state index >= 15 is 0 Å². The van der Waals surface area contributed by atoms with Crippen LogP contribution in [-0.2, 0) is 5.41 Å². The fraction of sp³-hybridized carbons (Fsp3) is 0.529. The van der Waals surface area contributed by atoms with E-state index in [1.165, 1.54) is 0 Å². The highest BCUT2D eigenvalue weighted by Crippen LogP contribution is 2.27. The molecule has 0 atom stereocenters. The van der Waals surface area contributed by atoms with Crippen LogP contribution in [0.4, 0.5) is 10.5 Å². The molecule has 3 rings (SSSR count). The van der Waals surface area contributed by atoms with Crippen molar-refractivity contribution in [3.63, 3.8) is 0 Å². The third-order valence-corrected chi connectivity index (χ3v) is 4.07. The van der Waals surface area contributed by atoms with Crippen molar-refractivity contribution in [2.75, 3.05) is 38.5 Å². The monoisotopic (exact) mass is 316 g/mol. The van der Waals surface area contributed by atoms with Gasteiger partial charge in [0.05, 0.1) is 0 Å². The smallest absolute Gasteiger partial charge is 0.321 e. The summed E-state index contributed by atoms with van der Waals surface area (Å²) in [6, 6.07) is 5.52. The van der Waals surface area contributed by atoms with Crippen LogP contribution in [0.15, 0.2) is 22.6 Å². The lowest BCUT2D eigenvalue weighted by molar-refractivity contribution is 0.164. The topological polar surface area (TPSA) is 61.6 Å². The molecule has 2 aromatic rings. The van der Waals surface area contributed by atoms with Gasteiger partial charge in [0.25, 0.3) is 0 Å². The quantitative estimate of drug-likeness (QED) is 0.879. The Kier molecular flexibility index (Phi) is 4.02. The Bertz CT molecular complexity index is 709. The zero-order chi connectivity index (χ0) is 16.6. The van der Waals surface area contributed by atoms with Crippen molar-refractivity contribution in [1.29, 1.82) is 0 Å². The third-order valence-electron chi connectivity index (χ3n) is 4.07. The minimum Gasteiger partial charge on any atom is -0.440 e. The number of anilines is 1. The van der Waals surface area contributed by atoms with Gasteiger partial charge >= 0.3 is 6.03 Å². The molecule has 1 aromatic heterocycles. The fourth-order valence-electron chi connectivity index (χ4n) is 2.54. The van der Waals surface area contributed by atoms with Crippen LogP contribution in [0, 0.1) is 0 Å². The van der Waals surface area contributed by atoms with Crippen molar-refractivity contribution in [3.05, 3.63) is 24.1 Å². The first kappa shape index (κ1) is 15.8. The van der Waals surface area contributed by atoms with E-state index in [1.807, 2.05) is 23.1 Å². The molecule has 2 amide bonds. The predicted molar refractivity (Wildman–Crippen MR) is 90.8 cm³/mol.